The Morgan fingerprint density at radius 2 is 1.93 bits per heavy atom. The third-order valence-corrected chi connectivity index (χ3v) is 4.83. The van der Waals surface area contributed by atoms with Crippen molar-refractivity contribution in [3.05, 3.63) is 59.8 Å². The van der Waals surface area contributed by atoms with E-state index in [1.54, 1.807) is 11.2 Å². The number of carbonyl (C=O) groups excluding carboxylic acids is 2. The molecule has 2 aromatic rings. The predicted octanol–water partition coefficient (Wildman–Crippen LogP) is 2.99. The van der Waals surface area contributed by atoms with Crippen molar-refractivity contribution < 1.29 is 23.1 Å². The molecule has 1 aromatic heterocycles. The second kappa shape index (κ2) is 10.0. The minimum Gasteiger partial charge on any atom is -0.467 e. The van der Waals surface area contributed by atoms with Gasteiger partial charge in [-0.25, -0.2) is 4.39 Å². The van der Waals surface area contributed by atoms with Crippen LogP contribution in [0.2, 0.25) is 0 Å². The number of halogens is 1. The molecule has 0 unspecified atom stereocenters. The number of nitrogens with one attached hydrogen (secondary N) is 1. The van der Waals surface area contributed by atoms with Crippen molar-refractivity contribution in [1.29, 1.82) is 0 Å². The lowest BCUT2D eigenvalue weighted by atomic mass is 9.95. The van der Waals surface area contributed by atoms with E-state index in [-0.39, 0.29) is 23.5 Å². The summed E-state index contributed by atoms with van der Waals surface area (Å²) in [5, 5.41) is 2.94. The maximum absolute atomic E-state index is 13.0. The normalized spacial score (nSPS) is 14.8. The molecule has 0 aliphatic carbocycles. The minimum absolute atomic E-state index is 0.0277. The summed E-state index contributed by atoms with van der Waals surface area (Å²) in [5.74, 6) is 0.248. The maximum atomic E-state index is 13.0. The van der Waals surface area contributed by atoms with E-state index in [4.69, 9.17) is 9.15 Å². The van der Waals surface area contributed by atoms with Gasteiger partial charge in [0.15, 0.2) is 0 Å². The fourth-order valence-corrected chi connectivity index (χ4v) is 3.22. The third-order valence-electron chi connectivity index (χ3n) is 4.83. The molecule has 1 N–H and O–H groups in total. The summed E-state index contributed by atoms with van der Waals surface area (Å²) in [6.45, 7) is 2.60. The van der Waals surface area contributed by atoms with Gasteiger partial charge in [-0.15, -0.1) is 0 Å². The van der Waals surface area contributed by atoms with Crippen LogP contribution in [0.25, 0.3) is 0 Å². The van der Waals surface area contributed by atoms with Crippen molar-refractivity contribution in [3.63, 3.8) is 0 Å². The van der Waals surface area contributed by atoms with Gasteiger partial charge in [-0.2, -0.15) is 0 Å². The summed E-state index contributed by atoms with van der Waals surface area (Å²) < 4.78 is 23.6. The zero-order valence-electron chi connectivity index (χ0n) is 15.7. The van der Waals surface area contributed by atoms with E-state index >= 15 is 0 Å². The smallest absolute Gasteiger partial charge is 0.253 e. The Balaban J connectivity index is 1.31. The average Bonchev–Trinajstić information content (AvgIpc) is 3.24. The SMILES string of the molecule is O=C(NCCCOCc1ccco1)C1CCN(C(=O)c2ccc(F)cc2)CC1. The molecule has 1 saturated heterocycles. The van der Waals surface area contributed by atoms with E-state index in [1.807, 2.05) is 12.1 Å². The number of benzene rings is 1. The third kappa shape index (κ3) is 5.66. The topological polar surface area (TPSA) is 71.8 Å². The Hall–Kier alpha value is -2.67. The highest BCUT2D eigenvalue weighted by atomic mass is 19.1. The highest BCUT2D eigenvalue weighted by Gasteiger charge is 2.27. The van der Waals surface area contributed by atoms with E-state index in [0.29, 0.717) is 51.3 Å². The van der Waals surface area contributed by atoms with Gasteiger partial charge in [0.05, 0.1) is 6.26 Å². The molecule has 28 heavy (non-hydrogen) atoms. The van der Waals surface area contributed by atoms with Crippen LogP contribution in [0.4, 0.5) is 4.39 Å². The molecular formula is C21H25FN2O4. The van der Waals surface area contributed by atoms with Crippen LogP contribution in [-0.2, 0) is 16.1 Å². The summed E-state index contributed by atoms with van der Waals surface area (Å²) in [6.07, 6.45) is 3.60. The van der Waals surface area contributed by atoms with E-state index in [2.05, 4.69) is 5.32 Å². The first kappa shape index (κ1) is 20.1. The number of furan rings is 1. The zero-order chi connectivity index (χ0) is 19.8. The number of nitrogens with zero attached hydrogens (tertiary/aromatic N) is 1. The van der Waals surface area contributed by atoms with Crippen molar-refractivity contribution in [2.75, 3.05) is 26.2 Å². The lowest BCUT2D eigenvalue weighted by Gasteiger charge is -2.31. The van der Waals surface area contributed by atoms with E-state index in [1.165, 1.54) is 24.3 Å². The molecule has 2 amide bonds. The van der Waals surface area contributed by atoms with Gasteiger partial charge in [0, 0.05) is 37.7 Å². The van der Waals surface area contributed by atoms with Gasteiger partial charge in [-0.3, -0.25) is 9.59 Å². The van der Waals surface area contributed by atoms with E-state index in [0.717, 1.165) is 12.2 Å². The standard InChI is InChI=1S/C21H25FN2O4/c22-18-6-4-17(5-7-18)21(26)24-11-8-16(9-12-24)20(25)23-10-2-13-27-15-19-3-1-14-28-19/h1,3-7,14,16H,2,8-13,15H2,(H,23,25). The minimum atomic E-state index is -0.363. The van der Waals surface area contributed by atoms with Crippen LogP contribution in [0.15, 0.2) is 47.1 Å². The Morgan fingerprint density at radius 3 is 2.61 bits per heavy atom. The van der Waals surface area contributed by atoms with E-state index < -0.39 is 0 Å². The van der Waals surface area contributed by atoms with Gasteiger partial charge in [-0.1, -0.05) is 0 Å². The summed E-state index contributed by atoms with van der Waals surface area (Å²) in [4.78, 5) is 26.4. The number of ether oxygens (including phenoxy) is 1. The molecule has 0 bridgehead atoms. The van der Waals surface area contributed by atoms with Crippen LogP contribution in [0, 0.1) is 11.7 Å². The van der Waals surface area contributed by atoms with Crippen molar-refractivity contribution in [2.24, 2.45) is 5.92 Å². The van der Waals surface area contributed by atoms with Crippen LogP contribution in [0.1, 0.15) is 35.4 Å². The molecule has 3 rings (SSSR count). The lowest BCUT2D eigenvalue weighted by molar-refractivity contribution is -0.126. The molecule has 1 fully saturated rings. The Morgan fingerprint density at radius 1 is 1.18 bits per heavy atom. The Bertz CT molecular complexity index is 753. The number of piperidine rings is 1. The van der Waals surface area contributed by atoms with Crippen molar-refractivity contribution in [1.82, 2.24) is 10.2 Å². The summed E-state index contributed by atoms with van der Waals surface area (Å²) in [6, 6.07) is 9.22. The highest BCUT2D eigenvalue weighted by Crippen LogP contribution is 2.19. The van der Waals surface area contributed by atoms with Crippen LogP contribution in [0.5, 0.6) is 0 Å². The van der Waals surface area contributed by atoms with Crippen LogP contribution >= 0.6 is 0 Å². The number of carbonyl (C=O) groups is 2. The van der Waals surface area contributed by atoms with Gasteiger partial charge in [0.1, 0.15) is 18.2 Å². The molecule has 2 heterocycles. The Kier molecular flexibility index (Phi) is 7.19. The molecule has 0 atom stereocenters. The molecule has 0 spiro atoms. The van der Waals surface area contributed by atoms with Gasteiger partial charge in [0.25, 0.3) is 5.91 Å². The van der Waals surface area contributed by atoms with E-state index in [9.17, 15) is 14.0 Å². The molecule has 6 nitrogen and oxygen atoms in total. The average molecular weight is 388 g/mol. The molecule has 0 radical (unpaired) electrons. The lowest BCUT2D eigenvalue weighted by Crippen LogP contribution is -2.43. The second-order valence-electron chi connectivity index (χ2n) is 6.85. The molecule has 1 aliphatic rings. The van der Waals surface area contributed by atoms with Crippen molar-refractivity contribution in [3.8, 4) is 0 Å². The molecule has 1 aliphatic heterocycles. The first-order valence-corrected chi connectivity index (χ1v) is 9.56. The van der Waals surface area contributed by atoms with Gasteiger partial charge in [-0.05, 0) is 55.7 Å². The number of hydrogen-bond acceptors (Lipinski definition) is 4. The quantitative estimate of drug-likeness (QED) is 0.706. The number of amides is 2. The summed E-state index contributed by atoms with van der Waals surface area (Å²) in [7, 11) is 0. The van der Waals surface area contributed by atoms with Crippen LogP contribution in [0.3, 0.4) is 0 Å². The second-order valence-corrected chi connectivity index (χ2v) is 6.85. The number of hydrogen-bond donors (Lipinski definition) is 1. The number of likely N-dealkylation sites (tertiary alicyclic amines) is 1. The predicted molar refractivity (Wildman–Crippen MR) is 101 cm³/mol. The van der Waals surface area contributed by atoms with Crippen molar-refractivity contribution in [2.45, 2.75) is 25.9 Å². The molecule has 7 heteroatoms. The first-order valence-electron chi connectivity index (χ1n) is 9.56. The largest absolute Gasteiger partial charge is 0.467 e. The molecule has 1 aromatic carbocycles. The van der Waals surface area contributed by atoms with Gasteiger partial charge >= 0.3 is 0 Å². The van der Waals surface area contributed by atoms with Crippen molar-refractivity contribution >= 4 is 11.8 Å². The molecular weight excluding hydrogens is 363 g/mol. The van der Waals surface area contributed by atoms with Crippen LogP contribution < -0.4 is 5.32 Å². The zero-order valence-corrected chi connectivity index (χ0v) is 15.7. The highest BCUT2D eigenvalue weighted by molar-refractivity contribution is 5.94. The maximum Gasteiger partial charge on any atom is 0.253 e. The summed E-state index contributed by atoms with van der Waals surface area (Å²) >= 11 is 0. The fourth-order valence-electron chi connectivity index (χ4n) is 3.22. The first-order chi connectivity index (χ1) is 13.6. The Labute approximate surface area is 163 Å². The molecule has 150 valence electrons. The molecule has 0 saturated carbocycles. The number of rotatable bonds is 8. The van der Waals surface area contributed by atoms with Crippen LogP contribution in [-0.4, -0.2) is 43.0 Å². The monoisotopic (exact) mass is 388 g/mol. The van der Waals surface area contributed by atoms with Gasteiger partial charge in [0.2, 0.25) is 5.91 Å². The van der Waals surface area contributed by atoms with Gasteiger partial charge < -0.3 is 19.4 Å². The summed E-state index contributed by atoms with van der Waals surface area (Å²) in [5.41, 5.74) is 0.471. The fraction of sp³-hybridized carbons (Fsp3) is 0.429.